The molecule has 1 rings (SSSR count). The van der Waals surface area contributed by atoms with Crippen LogP contribution < -0.4 is 5.32 Å². The van der Waals surface area contributed by atoms with Crippen LogP contribution in [0.25, 0.3) is 0 Å². The molecule has 1 aliphatic heterocycles. The largest absolute Gasteiger partial charge is 0.389 e. The highest BCUT2D eigenvalue weighted by Gasteiger charge is 2.29. The molecule has 0 amide bonds. The lowest BCUT2D eigenvalue weighted by Crippen LogP contribution is -2.47. The molecule has 3 heteroatoms. The summed E-state index contributed by atoms with van der Waals surface area (Å²) in [6.07, 6.45) is 2.91. The van der Waals surface area contributed by atoms with Crippen LogP contribution in [0.3, 0.4) is 0 Å². The molecule has 1 saturated heterocycles. The number of aliphatic hydroxyl groups is 1. The normalized spacial score (nSPS) is 22.6. The van der Waals surface area contributed by atoms with Crippen LogP contribution in [0.1, 0.15) is 40.0 Å². The van der Waals surface area contributed by atoms with Crippen molar-refractivity contribution in [3.63, 3.8) is 0 Å². The quantitative estimate of drug-likeness (QED) is 0.698. The predicted molar refractivity (Wildman–Crippen MR) is 64.1 cm³/mol. The van der Waals surface area contributed by atoms with E-state index in [0.29, 0.717) is 6.04 Å². The van der Waals surface area contributed by atoms with Gasteiger partial charge < -0.3 is 10.4 Å². The molecular formula is C12H26N2O. The van der Waals surface area contributed by atoms with Gasteiger partial charge in [0.2, 0.25) is 0 Å². The van der Waals surface area contributed by atoms with E-state index in [9.17, 15) is 5.11 Å². The highest BCUT2D eigenvalue weighted by atomic mass is 16.3. The van der Waals surface area contributed by atoms with Gasteiger partial charge in [-0.3, -0.25) is 4.90 Å². The lowest BCUT2D eigenvalue weighted by atomic mass is 9.96. The van der Waals surface area contributed by atoms with Gasteiger partial charge in [-0.05, 0) is 32.4 Å². The van der Waals surface area contributed by atoms with Crippen molar-refractivity contribution < 1.29 is 5.11 Å². The van der Waals surface area contributed by atoms with Gasteiger partial charge in [0, 0.05) is 19.1 Å². The van der Waals surface area contributed by atoms with Gasteiger partial charge in [-0.25, -0.2) is 0 Å². The average molecular weight is 214 g/mol. The first-order valence-corrected chi connectivity index (χ1v) is 6.32. The van der Waals surface area contributed by atoms with Gasteiger partial charge in [0.1, 0.15) is 0 Å². The van der Waals surface area contributed by atoms with E-state index in [4.69, 9.17) is 0 Å². The first-order valence-electron chi connectivity index (χ1n) is 6.32. The molecular weight excluding hydrogens is 188 g/mol. The summed E-state index contributed by atoms with van der Waals surface area (Å²) in [6.45, 7) is 10.4. The number of hydrogen-bond acceptors (Lipinski definition) is 3. The Kier molecular flexibility index (Phi) is 5.03. The molecule has 0 aliphatic carbocycles. The second kappa shape index (κ2) is 5.83. The molecule has 0 radical (unpaired) electrons. The maximum absolute atomic E-state index is 10.3. The minimum Gasteiger partial charge on any atom is -0.389 e. The van der Waals surface area contributed by atoms with Crippen molar-refractivity contribution in [1.29, 1.82) is 0 Å². The number of hydrogen-bond donors (Lipinski definition) is 2. The number of rotatable bonds is 6. The summed E-state index contributed by atoms with van der Waals surface area (Å²) in [6, 6.07) is 0.625. The molecule has 1 atom stereocenters. The summed E-state index contributed by atoms with van der Waals surface area (Å²) in [5.74, 6) is 0. The van der Waals surface area contributed by atoms with E-state index in [-0.39, 0.29) is 0 Å². The summed E-state index contributed by atoms with van der Waals surface area (Å²) in [5.41, 5.74) is -0.487. The number of nitrogens with zero attached hydrogens (tertiary/aromatic N) is 1. The Hall–Kier alpha value is -0.120. The molecule has 90 valence electrons. The van der Waals surface area contributed by atoms with Crippen LogP contribution in [0, 0.1) is 0 Å². The molecule has 2 N–H and O–H groups in total. The zero-order chi connectivity index (χ0) is 11.3. The van der Waals surface area contributed by atoms with Gasteiger partial charge in [-0.1, -0.05) is 20.8 Å². The van der Waals surface area contributed by atoms with Crippen LogP contribution in [0.5, 0.6) is 0 Å². The molecule has 1 unspecified atom stereocenters. The van der Waals surface area contributed by atoms with Crippen molar-refractivity contribution in [3.05, 3.63) is 0 Å². The summed E-state index contributed by atoms with van der Waals surface area (Å²) < 4.78 is 0. The van der Waals surface area contributed by atoms with Gasteiger partial charge in [-0.15, -0.1) is 0 Å². The molecule has 1 fully saturated rings. The van der Waals surface area contributed by atoms with Crippen LogP contribution in [0.15, 0.2) is 0 Å². The third-order valence-electron chi connectivity index (χ3n) is 3.77. The predicted octanol–water partition coefficient (Wildman–Crippen LogP) is 1.22. The third kappa shape index (κ3) is 3.44. The minimum atomic E-state index is -0.487. The minimum absolute atomic E-state index is 0.487. The smallest absolute Gasteiger partial charge is 0.0769 e. The molecule has 0 saturated carbocycles. The van der Waals surface area contributed by atoms with Crippen molar-refractivity contribution >= 4 is 0 Å². The second-order valence-corrected chi connectivity index (χ2v) is 4.64. The molecule has 0 aromatic carbocycles. The van der Waals surface area contributed by atoms with Gasteiger partial charge in [0.05, 0.1) is 5.60 Å². The zero-order valence-electron chi connectivity index (χ0n) is 10.4. The first-order chi connectivity index (χ1) is 7.15. The van der Waals surface area contributed by atoms with E-state index in [1.807, 2.05) is 0 Å². The molecule has 1 aliphatic rings. The van der Waals surface area contributed by atoms with E-state index >= 15 is 0 Å². The fourth-order valence-electron chi connectivity index (χ4n) is 2.30. The molecule has 0 aromatic rings. The highest BCUT2D eigenvalue weighted by Crippen LogP contribution is 2.19. The monoisotopic (exact) mass is 214 g/mol. The highest BCUT2D eigenvalue weighted by molar-refractivity contribution is 4.86. The standard InChI is InChI=1S/C12H26N2O/c1-4-12(15,5-2)10-14(6-3)11-7-8-13-9-11/h11,13,15H,4-10H2,1-3H3. The van der Waals surface area contributed by atoms with Crippen LogP contribution in [0.4, 0.5) is 0 Å². The average Bonchev–Trinajstić information content (AvgIpc) is 2.79. The second-order valence-electron chi connectivity index (χ2n) is 4.64. The lowest BCUT2D eigenvalue weighted by Gasteiger charge is -2.35. The molecule has 3 nitrogen and oxygen atoms in total. The van der Waals surface area contributed by atoms with Crippen molar-refractivity contribution in [2.75, 3.05) is 26.2 Å². The Morgan fingerprint density at radius 1 is 1.33 bits per heavy atom. The summed E-state index contributed by atoms with van der Waals surface area (Å²) in [5, 5.41) is 13.7. The van der Waals surface area contributed by atoms with Crippen molar-refractivity contribution in [2.24, 2.45) is 0 Å². The Balaban J connectivity index is 2.51. The fraction of sp³-hybridized carbons (Fsp3) is 1.00. The summed E-state index contributed by atoms with van der Waals surface area (Å²) in [7, 11) is 0. The Morgan fingerprint density at radius 3 is 2.40 bits per heavy atom. The van der Waals surface area contributed by atoms with Crippen LogP contribution in [0.2, 0.25) is 0 Å². The van der Waals surface area contributed by atoms with Crippen LogP contribution in [-0.4, -0.2) is 47.8 Å². The number of likely N-dealkylation sites (N-methyl/N-ethyl adjacent to an activating group) is 1. The Bertz CT molecular complexity index is 174. The first kappa shape index (κ1) is 12.9. The molecule has 0 spiro atoms. The zero-order valence-corrected chi connectivity index (χ0v) is 10.4. The van der Waals surface area contributed by atoms with E-state index in [1.165, 1.54) is 6.42 Å². The van der Waals surface area contributed by atoms with E-state index in [1.54, 1.807) is 0 Å². The van der Waals surface area contributed by atoms with Crippen molar-refractivity contribution in [2.45, 2.75) is 51.7 Å². The van der Waals surface area contributed by atoms with Gasteiger partial charge in [0.15, 0.2) is 0 Å². The van der Waals surface area contributed by atoms with Crippen molar-refractivity contribution in [1.82, 2.24) is 10.2 Å². The summed E-state index contributed by atoms with van der Waals surface area (Å²) >= 11 is 0. The lowest BCUT2D eigenvalue weighted by molar-refractivity contribution is -0.0115. The van der Waals surface area contributed by atoms with Gasteiger partial charge in [-0.2, -0.15) is 0 Å². The van der Waals surface area contributed by atoms with Gasteiger partial charge >= 0.3 is 0 Å². The maximum atomic E-state index is 10.3. The third-order valence-corrected chi connectivity index (χ3v) is 3.77. The van der Waals surface area contributed by atoms with Crippen LogP contribution >= 0.6 is 0 Å². The van der Waals surface area contributed by atoms with E-state index in [0.717, 1.165) is 39.0 Å². The molecule has 1 heterocycles. The Labute approximate surface area is 93.9 Å². The van der Waals surface area contributed by atoms with Gasteiger partial charge in [0.25, 0.3) is 0 Å². The topological polar surface area (TPSA) is 35.5 Å². The molecule has 15 heavy (non-hydrogen) atoms. The van der Waals surface area contributed by atoms with E-state index < -0.39 is 5.60 Å². The van der Waals surface area contributed by atoms with Crippen LogP contribution in [-0.2, 0) is 0 Å². The van der Waals surface area contributed by atoms with Crippen molar-refractivity contribution in [3.8, 4) is 0 Å². The molecule has 0 bridgehead atoms. The SMILES string of the molecule is CCN(CC(O)(CC)CC)C1CCNC1. The number of nitrogens with one attached hydrogen (secondary N) is 1. The molecule has 0 aromatic heterocycles. The fourth-order valence-corrected chi connectivity index (χ4v) is 2.30. The van der Waals surface area contributed by atoms with E-state index in [2.05, 4.69) is 31.0 Å². The maximum Gasteiger partial charge on any atom is 0.0769 e. The Morgan fingerprint density at radius 2 is 2.00 bits per heavy atom. The summed E-state index contributed by atoms with van der Waals surface area (Å²) in [4.78, 5) is 2.42.